The summed E-state index contributed by atoms with van der Waals surface area (Å²) in [6, 6.07) is 8.36. The van der Waals surface area contributed by atoms with E-state index < -0.39 is 0 Å². The van der Waals surface area contributed by atoms with Crippen LogP contribution in [-0.2, 0) is 4.79 Å². The van der Waals surface area contributed by atoms with Crippen molar-refractivity contribution in [3.05, 3.63) is 59.2 Å². The van der Waals surface area contributed by atoms with Gasteiger partial charge in [0.2, 0.25) is 0 Å². The first-order valence-corrected chi connectivity index (χ1v) is 7.20. The van der Waals surface area contributed by atoms with Crippen molar-refractivity contribution in [1.29, 1.82) is 0 Å². The van der Waals surface area contributed by atoms with Crippen molar-refractivity contribution in [2.24, 2.45) is 11.8 Å². The molecule has 1 aromatic rings. The zero-order valence-electron chi connectivity index (χ0n) is 11.6. The van der Waals surface area contributed by atoms with Crippen LogP contribution in [0.25, 0.3) is 0 Å². The number of aryl methyl sites for hydroxylation is 1. The minimum atomic E-state index is 0.00630. The summed E-state index contributed by atoms with van der Waals surface area (Å²) in [6.07, 6.45) is 8.52. The molecule has 0 N–H and O–H groups in total. The third-order valence-corrected chi connectivity index (χ3v) is 4.30. The van der Waals surface area contributed by atoms with E-state index in [2.05, 4.69) is 50.3 Å². The van der Waals surface area contributed by atoms with Gasteiger partial charge in [0.15, 0.2) is 5.78 Å². The van der Waals surface area contributed by atoms with Crippen LogP contribution in [0.15, 0.2) is 48.1 Å². The summed E-state index contributed by atoms with van der Waals surface area (Å²) in [7, 11) is 0. The zero-order valence-corrected chi connectivity index (χ0v) is 11.6. The van der Waals surface area contributed by atoms with Crippen molar-refractivity contribution in [3.8, 4) is 0 Å². The van der Waals surface area contributed by atoms with Gasteiger partial charge in [-0.2, -0.15) is 0 Å². The molecule has 3 unspecified atom stereocenters. The molecule has 2 aliphatic rings. The lowest BCUT2D eigenvalue weighted by atomic mass is 9.86. The number of carbonyl (C=O) groups excluding carboxylic acids is 1. The Bertz CT molecular complexity index is 548. The molecule has 98 valence electrons. The molecular formula is C18H20O. The Morgan fingerprint density at radius 1 is 1.26 bits per heavy atom. The first kappa shape index (κ1) is 12.4. The molecule has 1 saturated carbocycles. The first-order chi connectivity index (χ1) is 9.19. The van der Waals surface area contributed by atoms with E-state index in [1.165, 1.54) is 12.0 Å². The quantitative estimate of drug-likeness (QED) is 0.785. The van der Waals surface area contributed by atoms with E-state index in [0.29, 0.717) is 5.92 Å². The lowest BCUT2D eigenvalue weighted by Gasteiger charge is -2.16. The van der Waals surface area contributed by atoms with E-state index in [1.54, 1.807) is 0 Å². The number of benzene rings is 1. The van der Waals surface area contributed by atoms with Crippen molar-refractivity contribution < 1.29 is 4.79 Å². The van der Waals surface area contributed by atoms with Crippen LogP contribution in [0, 0.1) is 18.8 Å². The van der Waals surface area contributed by atoms with Crippen LogP contribution in [0.1, 0.15) is 36.8 Å². The van der Waals surface area contributed by atoms with Gasteiger partial charge in [-0.15, -0.1) is 0 Å². The van der Waals surface area contributed by atoms with Crippen LogP contribution in [0.3, 0.4) is 0 Å². The lowest BCUT2D eigenvalue weighted by molar-refractivity contribution is -0.116. The summed E-state index contributed by atoms with van der Waals surface area (Å²) in [5.74, 6) is 1.65. The predicted molar refractivity (Wildman–Crippen MR) is 78.0 cm³/mol. The summed E-state index contributed by atoms with van der Waals surface area (Å²) in [5, 5.41) is 0. The largest absolute Gasteiger partial charge is 0.294 e. The highest BCUT2D eigenvalue weighted by atomic mass is 16.1. The van der Waals surface area contributed by atoms with Gasteiger partial charge in [-0.25, -0.2) is 0 Å². The average molecular weight is 252 g/mol. The molecule has 1 fully saturated rings. The Balaban J connectivity index is 1.84. The van der Waals surface area contributed by atoms with Crippen LogP contribution >= 0.6 is 0 Å². The number of hydrogen-bond acceptors (Lipinski definition) is 1. The Kier molecular flexibility index (Phi) is 3.14. The van der Waals surface area contributed by atoms with Gasteiger partial charge in [0.05, 0.1) is 0 Å². The van der Waals surface area contributed by atoms with Crippen LogP contribution in [0.5, 0.6) is 0 Å². The molecule has 2 aliphatic carbocycles. The summed E-state index contributed by atoms with van der Waals surface area (Å²) in [5.41, 5.74) is 3.31. The molecule has 19 heavy (non-hydrogen) atoms. The van der Waals surface area contributed by atoms with Crippen molar-refractivity contribution in [2.75, 3.05) is 0 Å². The van der Waals surface area contributed by atoms with Crippen molar-refractivity contribution >= 4 is 5.78 Å². The molecule has 0 amide bonds. The van der Waals surface area contributed by atoms with E-state index in [0.717, 1.165) is 23.5 Å². The molecule has 1 nitrogen and oxygen atoms in total. The van der Waals surface area contributed by atoms with Gasteiger partial charge in [-0.05, 0) is 37.2 Å². The van der Waals surface area contributed by atoms with Crippen molar-refractivity contribution in [3.63, 3.8) is 0 Å². The Morgan fingerprint density at radius 2 is 2.00 bits per heavy atom. The van der Waals surface area contributed by atoms with Gasteiger partial charge < -0.3 is 0 Å². The van der Waals surface area contributed by atoms with E-state index in [-0.39, 0.29) is 11.7 Å². The molecular weight excluding hydrogens is 232 g/mol. The highest BCUT2D eigenvalue weighted by Crippen LogP contribution is 2.45. The summed E-state index contributed by atoms with van der Waals surface area (Å²) in [4.78, 5) is 12.7. The molecule has 1 heteroatoms. The molecule has 0 radical (unpaired) electrons. The average Bonchev–Trinajstić information content (AvgIpc) is 3.19. The van der Waals surface area contributed by atoms with Gasteiger partial charge in [0.1, 0.15) is 0 Å². The maximum Gasteiger partial charge on any atom is 0.169 e. The second-order valence-electron chi connectivity index (χ2n) is 5.78. The molecule has 0 heterocycles. The number of rotatable bonds is 4. The van der Waals surface area contributed by atoms with Gasteiger partial charge in [-0.3, -0.25) is 4.79 Å². The van der Waals surface area contributed by atoms with E-state index >= 15 is 0 Å². The number of hydrogen-bond donors (Lipinski definition) is 0. The molecule has 3 rings (SSSR count). The number of carbonyl (C=O) groups is 1. The summed E-state index contributed by atoms with van der Waals surface area (Å²) in [6.45, 7) is 4.17. The highest BCUT2D eigenvalue weighted by molar-refractivity contribution is 6.03. The van der Waals surface area contributed by atoms with Crippen molar-refractivity contribution in [1.82, 2.24) is 0 Å². The minimum absolute atomic E-state index is 0.00630. The van der Waals surface area contributed by atoms with Crippen molar-refractivity contribution in [2.45, 2.75) is 32.6 Å². The SMILES string of the molecule is CCC(C(=O)C1=CC2CC2C=C1)c1ccc(C)cc1. The van der Waals surface area contributed by atoms with E-state index in [4.69, 9.17) is 0 Å². The lowest BCUT2D eigenvalue weighted by Crippen LogP contribution is -2.14. The molecule has 0 aliphatic heterocycles. The van der Waals surface area contributed by atoms with E-state index in [9.17, 15) is 4.79 Å². The molecule has 0 aromatic heterocycles. The highest BCUT2D eigenvalue weighted by Gasteiger charge is 2.36. The third-order valence-electron chi connectivity index (χ3n) is 4.30. The zero-order chi connectivity index (χ0) is 13.4. The number of ketones is 1. The third kappa shape index (κ3) is 2.42. The van der Waals surface area contributed by atoms with Crippen LogP contribution < -0.4 is 0 Å². The first-order valence-electron chi connectivity index (χ1n) is 7.20. The fourth-order valence-corrected chi connectivity index (χ4v) is 2.90. The second kappa shape index (κ2) is 4.80. The molecule has 0 spiro atoms. The van der Waals surface area contributed by atoms with Gasteiger partial charge >= 0.3 is 0 Å². The smallest absolute Gasteiger partial charge is 0.169 e. The standard InChI is InChI=1S/C18H20O/c1-3-17(13-6-4-12(2)5-7-13)18(19)15-9-8-14-10-16(14)11-15/h4-9,11,14,16-17H,3,10H2,1-2H3. The maximum absolute atomic E-state index is 12.7. The normalized spacial score (nSPS) is 25.5. The number of allylic oxidation sites excluding steroid dienone is 4. The summed E-state index contributed by atoms with van der Waals surface area (Å²) < 4.78 is 0. The van der Waals surface area contributed by atoms with Gasteiger partial charge in [0.25, 0.3) is 0 Å². The second-order valence-corrected chi connectivity index (χ2v) is 5.78. The molecule has 0 bridgehead atoms. The summed E-state index contributed by atoms with van der Waals surface area (Å²) >= 11 is 0. The topological polar surface area (TPSA) is 17.1 Å². The Hall–Kier alpha value is -1.63. The number of Topliss-reactive ketones (excluding diaryl/α,β-unsaturated/α-hetero) is 1. The predicted octanol–water partition coefficient (Wildman–Crippen LogP) is 4.19. The Morgan fingerprint density at radius 3 is 2.63 bits per heavy atom. The van der Waals surface area contributed by atoms with Crippen LogP contribution in [-0.4, -0.2) is 5.78 Å². The Labute approximate surface area is 115 Å². The molecule has 3 atom stereocenters. The monoisotopic (exact) mass is 252 g/mol. The minimum Gasteiger partial charge on any atom is -0.294 e. The fraction of sp³-hybridized carbons (Fsp3) is 0.389. The number of fused-ring (bicyclic) bond motifs is 1. The maximum atomic E-state index is 12.7. The molecule has 0 saturated heterocycles. The van der Waals surface area contributed by atoms with E-state index in [1.807, 2.05) is 6.08 Å². The van der Waals surface area contributed by atoms with Gasteiger partial charge in [-0.1, -0.05) is 55.0 Å². The van der Waals surface area contributed by atoms with Gasteiger partial charge in [0, 0.05) is 11.5 Å². The fourth-order valence-electron chi connectivity index (χ4n) is 2.90. The van der Waals surface area contributed by atoms with Crippen LogP contribution in [0.4, 0.5) is 0 Å². The molecule has 1 aromatic carbocycles. The van der Waals surface area contributed by atoms with Crippen LogP contribution in [0.2, 0.25) is 0 Å².